The highest BCUT2D eigenvalue weighted by Gasteiger charge is 2.39. The van der Waals surface area contributed by atoms with Crippen LogP contribution in [0.25, 0.3) is 0 Å². The number of piperidine rings is 1. The Labute approximate surface area is 101 Å². The van der Waals surface area contributed by atoms with Gasteiger partial charge in [-0.05, 0) is 12.1 Å². The minimum Gasteiger partial charge on any atom is -0.397 e. The summed E-state index contributed by atoms with van der Waals surface area (Å²) in [6.07, 6.45) is 1.84. The normalized spacial score (nSPS) is 23.2. The molecule has 0 bridgehead atoms. The van der Waals surface area contributed by atoms with Gasteiger partial charge in [0.05, 0.1) is 24.6 Å². The van der Waals surface area contributed by atoms with Crippen LogP contribution in [0.3, 0.4) is 0 Å². The number of rotatable bonds is 1. The summed E-state index contributed by atoms with van der Waals surface area (Å²) in [5.74, 6) is -0.306. The Hall–Kier alpha value is -1.26. The van der Waals surface area contributed by atoms with Crippen molar-refractivity contribution in [2.24, 2.45) is 0 Å². The molecule has 2 fully saturated rings. The number of anilines is 2. The van der Waals surface area contributed by atoms with E-state index in [1.807, 2.05) is 18.2 Å². The number of ether oxygens (including phenoxy) is 2. The highest BCUT2D eigenvalue weighted by atomic mass is 16.7. The van der Waals surface area contributed by atoms with Gasteiger partial charge in [-0.15, -0.1) is 0 Å². The molecule has 0 radical (unpaired) electrons. The van der Waals surface area contributed by atoms with Gasteiger partial charge in [0.2, 0.25) is 0 Å². The molecule has 0 saturated carbocycles. The standard InChI is InChI=1S/C13H18N2O2/c14-11-3-1-2-4-12(11)15-7-5-13(6-8-15)16-9-10-17-13/h1-4H,5-10,14H2. The largest absolute Gasteiger partial charge is 0.397 e. The van der Waals surface area contributed by atoms with E-state index in [0.29, 0.717) is 0 Å². The molecular formula is C13H18N2O2. The van der Waals surface area contributed by atoms with E-state index in [-0.39, 0.29) is 5.79 Å². The molecule has 0 amide bonds. The van der Waals surface area contributed by atoms with Crippen molar-refractivity contribution in [2.45, 2.75) is 18.6 Å². The van der Waals surface area contributed by atoms with Crippen molar-refractivity contribution < 1.29 is 9.47 Å². The van der Waals surface area contributed by atoms with Gasteiger partial charge in [-0.3, -0.25) is 0 Å². The number of para-hydroxylation sites is 2. The van der Waals surface area contributed by atoms with E-state index in [2.05, 4.69) is 11.0 Å². The number of benzene rings is 1. The van der Waals surface area contributed by atoms with Gasteiger partial charge in [0.15, 0.2) is 5.79 Å². The molecule has 0 aromatic heterocycles. The van der Waals surface area contributed by atoms with Gasteiger partial charge < -0.3 is 20.1 Å². The molecule has 2 saturated heterocycles. The topological polar surface area (TPSA) is 47.7 Å². The third-order valence-corrected chi connectivity index (χ3v) is 3.62. The fourth-order valence-corrected chi connectivity index (χ4v) is 2.65. The summed E-state index contributed by atoms with van der Waals surface area (Å²) in [7, 11) is 0. The van der Waals surface area contributed by atoms with E-state index >= 15 is 0 Å². The smallest absolute Gasteiger partial charge is 0.171 e. The van der Waals surface area contributed by atoms with Gasteiger partial charge in [-0.1, -0.05) is 12.1 Å². The van der Waals surface area contributed by atoms with Crippen LogP contribution >= 0.6 is 0 Å². The maximum absolute atomic E-state index is 5.99. The first kappa shape index (κ1) is 10.9. The lowest BCUT2D eigenvalue weighted by atomic mass is 10.0. The molecule has 1 aromatic carbocycles. The average molecular weight is 234 g/mol. The molecule has 3 rings (SSSR count). The van der Waals surface area contributed by atoms with Crippen LogP contribution in [-0.2, 0) is 9.47 Å². The Balaban J connectivity index is 1.71. The third-order valence-electron chi connectivity index (χ3n) is 3.62. The van der Waals surface area contributed by atoms with Crippen molar-refractivity contribution in [3.63, 3.8) is 0 Å². The molecule has 17 heavy (non-hydrogen) atoms. The van der Waals surface area contributed by atoms with Crippen molar-refractivity contribution in [3.8, 4) is 0 Å². The third kappa shape index (κ3) is 1.98. The fraction of sp³-hybridized carbons (Fsp3) is 0.538. The maximum atomic E-state index is 5.99. The SMILES string of the molecule is Nc1ccccc1N1CCC2(CC1)OCCO2. The maximum Gasteiger partial charge on any atom is 0.171 e. The van der Waals surface area contributed by atoms with Crippen LogP contribution in [-0.4, -0.2) is 32.1 Å². The lowest BCUT2D eigenvalue weighted by Crippen LogP contribution is -2.45. The van der Waals surface area contributed by atoms with Gasteiger partial charge in [0.1, 0.15) is 0 Å². The molecular weight excluding hydrogens is 216 g/mol. The number of nitrogens with two attached hydrogens (primary N) is 1. The molecule has 2 aliphatic rings. The van der Waals surface area contributed by atoms with Crippen LogP contribution in [0.2, 0.25) is 0 Å². The van der Waals surface area contributed by atoms with Crippen molar-refractivity contribution in [2.75, 3.05) is 36.9 Å². The summed E-state index contributed by atoms with van der Waals surface area (Å²) in [5.41, 5.74) is 7.96. The fourth-order valence-electron chi connectivity index (χ4n) is 2.65. The van der Waals surface area contributed by atoms with Crippen LogP contribution < -0.4 is 10.6 Å². The minimum atomic E-state index is -0.306. The van der Waals surface area contributed by atoms with E-state index in [4.69, 9.17) is 15.2 Å². The molecule has 0 aliphatic carbocycles. The second kappa shape index (κ2) is 4.20. The van der Waals surface area contributed by atoms with Gasteiger partial charge in [0, 0.05) is 25.9 Å². The lowest BCUT2D eigenvalue weighted by Gasteiger charge is -2.39. The molecule has 1 aromatic rings. The van der Waals surface area contributed by atoms with Gasteiger partial charge in [-0.2, -0.15) is 0 Å². The highest BCUT2D eigenvalue weighted by Crippen LogP contribution is 2.34. The summed E-state index contributed by atoms with van der Waals surface area (Å²) in [6, 6.07) is 8.01. The van der Waals surface area contributed by atoms with E-state index < -0.39 is 0 Å². The minimum absolute atomic E-state index is 0.306. The van der Waals surface area contributed by atoms with Crippen molar-refractivity contribution in [1.82, 2.24) is 0 Å². The molecule has 2 N–H and O–H groups in total. The first-order valence-corrected chi connectivity index (χ1v) is 6.16. The second-order valence-corrected chi connectivity index (χ2v) is 4.65. The van der Waals surface area contributed by atoms with E-state index in [9.17, 15) is 0 Å². The predicted octanol–water partition coefficient (Wildman–Crippen LogP) is 1.61. The Morgan fingerprint density at radius 3 is 2.35 bits per heavy atom. The zero-order chi connectivity index (χ0) is 11.7. The van der Waals surface area contributed by atoms with Crippen molar-refractivity contribution in [1.29, 1.82) is 0 Å². The summed E-state index contributed by atoms with van der Waals surface area (Å²) >= 11 is 0. The van der Waals surface area contributed by atoms with Crippen LogP contribution in [0.15, 0.2) is 24.3 Å². The molecule has 0 atom stereocenters. The summed E-state index contributed by atoms with van der Waals surface area (Å²) in [5, 5.41) is 0. The first-order chi connectivity index (χ1) is 8.29. The zero-order valence-electron chi connectivity index (χ0n) is 9.89. The van der Waals surface area contributed by atoms with E-state index in [0.717, 1.165) is 50.5 Å². The first-order valence-electron chi connectivity index (χ1n) is 6.16. The summed E-state index contributed by atoms with van der Waals surface area (Å²) in [4.78, 5) is 2.31. The number of nitrogens with zero attached hydrogens (tertiary/aromatic N) is 1. The Morgan fingerprint density at radius 2 is 1.71 bits per heavy atom. The molecule has 92 valence electrons. The Morgan fingerprint density at radius 1 is 1.06 bits per heavy atom. The molecule has 1 spiro atoms. The summed E-state index contributed by atoms with van der Waals surface area (Å²) in [6.45, 7) is 3.34. The quantitative estimate of drug-likeness (QED) is 0.750. The van der Waals surface area contributed by atoms with Crippen LogP contribution in [0, 0.1) is 0 Å². The molecule has 2 aliphatic heterocycles. The molecule has 2 heterocycles. The number of hydrogen-bond acceptors (Lipinski definition) is 4. The molecule has 0 unspecified atom stereocenters. The summed E-state index contributed by atoms with van der Waals surface area (Å²) < 4.78 is 11.4. The molecule has 4 heteroatoms. The number of nitrogen functional groups attached to an aromatic ring is 1. The lowest BCUT2D eigenvalue weighted by molar-refractivity contribution is -0.169. The Bertz CT molecular complexity index is 392. The van der Waals surface area contributed by atoms with Crippen LogP contribution in [0.5, 0.6) is 0 Å². The van der Waals surface area contributed by atoms with Crippen molar-refractivity contribution in [3.05, 3.63) is 24.3 Å². The van der Waals surface area contributed by atoms with Gasteiger partial charge in [0.25, 0.3) is 0 Å². The average Bonchev–Trinajstić information content (AvgIpc) is 2.80. The van der Waals surface area contributed by atoms with E-state index in [1.165, 1.54) is 0 Å². The zero-order valence-corrected chi connectivity index (χ0v) is 9.89. The monoisotopic (exact) mass is 234 g/mol. The van der Waals surface area contributed by atoms with Crippen LogP contribution in [0.4, 0.5) is 11.4 Å². The molecule has 4 nitrogen and oxygen atoms in total. The van der Waals surface area contributed by atoms with E-state index in [1.54, 1.807) is 0 Å². The van der Waals surface area contributed by atoms with Crippen molar-refractivity contribution >= 4 is 11.4 Å². The van der Waals surface area contributed by atoms with Crippen LogP contribution in [0.1, 0.15) is 12.8 Å². The highest BCUT2D eigenvalue weighted by molar-refractivity contribution is 5.67. The predicted molar refractivity (Wildman–Crippen MR) is 66.9 cm³/mol. The van der Waals surface area contributed by atoms with Gasteiger partial charge >= 0.3 is 0 Å². The second-order valence-electron chi connectivity index (χ2n) is 4.65. The Kier molecular flexibility index (Phi) is 2.68. The van der Waals surface area contributed by atoms with Gasteiger partial charge in [-0.25, -0.2) is 0 Å². The number of hydrogen-bond donors (Lipinski definition) is 1.